The summed E-state index contributed by atoms with van der Waals surface area (Å²) >= 11 is 0. The molecule has 6 heteroatoms. The predicted molar refractivity (Wildman–Crippen MR) is 122 cm³/mol. The molecule has 5 rings (SSSR count). The van der Waals surface area contributed by atoms with Crippen molar-refractivity contribution in [1.29, 1.82) is 0 Å². The predicted octanol–water partition coefficient (Wildman–Crippen LogP) is 5.58. The number of nitrogens with zero attached hydrogens (tertiary/aromatic N) is 3. The quantitative estimate of drug-likeness (QED) is 0.692. The Morgan fingerprint density at radius 3 is 2.72 bits per heavy atom. The molecule has 0 spiro atoms. The zero-order valence-electron chi connectivity index (χ0n) is 18.8. The number of pyridine rings is 1. The van der Waals surface area contributed by atoms with Crippen molar-refractivity contribution >= 4 is 5.78 Å². The zero-order valence-corrected chi connectivity index (χ0v) is 18.8. The molecule has 2 aliphatic heterocycles. The van der Waals surface area contributed by atoms with Crippen LogP contribution in [0.4, 0.5) is 4.39 Å². The van der Waals surface area contributed by atoms with Crippen molar-refractivity contribution < 1.29 is 9.18 Å². The van der Waals surface area contributed by atoms with E-state index in [2.05, 4.69) is 39.6 Å². The van der Waals surface area contributed by atoms with E-state index in [4.69, 9.17) is 0 Å². The maximum absolute atomic E-state index is 15.4. The van der Waals surface area contributed by atoms with Crippen LogP contribution >= 0.6 is 0 Å². The SMILES string of the molecule is CC[C@@]1(c2cccc(-c3ccnc(C)c3)c2)C2=CN=NC2NC2=C1C(=O)[C@H](F)C(C)(C)C2. The summed E-state index contributed by atoms with van der Waals surface area (Å²) in [5.41, 5.74) is 4.68. The van der Waals surface area contributed by atoms with E-state index in [1.54, 1.807) is 12.4 Å². The molecule has 164 valence electrons. The third-order valence-corrected chi connectivity index (χ3v) is 7.12. The number of hydrogen-bond acceptors (Lipinski definition) is 5. The van der Waals surface area contributed by atoms with Crippen LogP contribution in [0.25, 0.3) is 11.1 Å². The molecule has 1 aromatic heterocycles. The minimum Gasteiger partial charge on any atom is -0.362 e. The fraction of sp³-hybridized carbons (Fsp3) is 0.385. The van der Waals surface area contributed by atoms with Crippen LogP contribution in [-0.2, 0) is 10.2 Å². The summed E-state index contributed by atoms with van der Waals surface area (Å²) < 4.78 is 15.4. The Hall–Kier alpha value is -3.15. The number of benzene rings is 1. The minimum absolute atomic E-state index is 0.333. The first-order chi connectivity index (χ1) is 15.3. The second-order valence-electron chi connectivity index (χ2n) is 9.63. The van der Waals surface area contributed by atoms with Crippen molar-refractivity contribution in [2.24, 2.45) is 15.6 Å². The fourth-order valence-corrected chi connectivity index (χ4v) is 5.49. The van der Waals surface area contributed by atoms with E-state index >= 15 is 4.39 Å². The number of nitrogens with one attached hydrogen (secondary N) is 1. The van der Waals surface area contributed by atoms with Crippen LogP contribution in [0.15, 0.2) is 75.9 Å². The molecule has 1 N–H and O–H groups in total. The molecule has 3 atom stereocenters. The molecule has 0 saturated heterocycles. The van der Waals surface area contributed by atoms with Crippen molar-refractivity contribution in [2.75, 3.05) is 0 Å². The van der Waals surface area contributed by atoms with Gasteiger partial charge in [-0.1, -0.05) is 39.0 Å². The van der Waals surface area contributed by atoms with E-state index in [-0.39, 0.29) is 6.17 Å². The first kappa shape index (κ1) is 20.7. The van der Waals surface area contributed by atoms with Crippen LogP contribution in [-0.4, -0.2) is 23.1 Å². The van der Waals surface area contributed by atoms with Crippen LogP contribution in [0.5, 0.6) is 0 Å². The number of fused-ring (bicyclic) bond motifs is 1. The van der Waals surface area contributed by atoms with Gasteiger partial charge in [0.1, 0.15) is 0 Å². The summed E-state index contributed by atoms with van der Waals surface area (Å²) in [6, 6.07) is 12.2. The van der Waals surface area contributed by atoms with Gasteiger partial charge in [-0.2, -0.15) is 10.2 Å². The van der Waals surface area contributed by atoms with Crippen molar-refractivity contribution in [2.45, 2.75) is 58.3 Å². The summed E-state index contributed by atoms with van der Waals surface area (Å²) in [4.78, 5) is 17.8. The second-order valence-corrected chi connectivity index (χ2v) is 9.63. The smallest absolute Gasteiger partial charge is 0.196 e. The number of carbonyl (C=O) groups is 1. The minimum atomic E-state index is -1.55. The third kappa shape index (κ3) is 2.89. The monoisotopic (exact) mass is 430 g/mol. The highest BCUT2D eigenvalue weighted by Crippen LogP contribution is 2.54. The number of alkyl halides is 1. The number of hydrogen-bond donors (Lipinski definition) is 1. The van der Waals surface area contributed by atoms with E-state index < -0.39 is 22.8 Å². The molecule has 5 nitrogen and oxygen atoms in total. The van der Waals surface area contributed by atoms with E-state index in [9.17, 15) is 4.79 Å². The van der Waals surface area contributed by atoms with E-state index in [0.717, 1.165) is 33.7 Å². The van der Waals surface area contributed by atoms with Crippen molar-refractivity contribution in [3.05, 3.63) is 76.9 Å². The molecule has 0 saturated carbocycles. The molecule has 0 radical (unpaired) electrons. The number of ketones is 1. The highest BCUT2D eigenvalue weighted by atomic mass is 19.1. The first-order valence-electron chi connectivity index (χ1n) is 11.1. The molecule has 0 amide bonds. The molecule has 2 aromatic rings. The number of halogens is 1. The molecule has 32 heavy (non-hydrogen) atoms. The van der Waals surface area contributed by atoms with Crippen LogP contribution < -0.4 is 5.32 Å². The van der Waals surface area contributed by atoms with Crippen LogP contribution in [0.3, 0.4) is 0 Å². The summed E-state index contributed by atoms with van der Waals surface area (Å²) in [6.45, 7) is 7.63. The second kappa shape index (κ2) is 7.19. The Labute approximate surface area is 187 Å². The normalized spacial score (nSPS) is 28.2. The average Bonchev–Trinajstić information content (AvgIpc) is 3.25. The number of azo groups is 1. The number of aryl methyl sites for hydroxylation is 1. The van der Waals surface area contributed by atoms with Crippen LogP contribution in [0, 0.1) is 12.3 Å². The summed E-state index contributed by atoms with van der Waals surface area (Å²) in [6.07, 6.45) is 2.73. The summed E-state index contributed by atoms with van der Waals surface area (Å²) in [5, 5.41) is 12.0. The topological polar surface area (TPSA) is 66.7 Å². The Balaban J connectivity index is 1.75. The third-order valence-electron chi connectivity index (χ3n) is 7.12. The Kier molecular flexibility index (Phi) is 4.66. The molecule has 1 unspecified atom stereocenters. The number of Topliss-reactive ketones (excluding diaryl/α,β-unsaturated/α-hetero) is 1. The lowest BCUT2D eigenvalue weighted by atomic mass is 9.58. The lowest BCUT2D eigenvalue weighted by Gasteiger charge is -2.48. The molecule has 1 aliphatic carbocycles. The first-order valence-corrected chi connectivity index (χ1v) is 11.1. The lowest BCUT2D eigenvalue weighted by Crippen LogP contribution is -2.54. The van der Waals surface area contributed by atoms with E-state index in [1.807, 2.05) is 45.0 Å². The highest BCUT2D eigenvalue weighted by Gasteiger charge is 2.56. The van der Waals surface area contributed by atoms with Crippen molar-refractivity contribution in [3.63, 3.8) is 0 Å². The maximum Gasteiger partial charge on any atom is 0.196 e. The maximum atomic E-state index is 15.4. The van der Waals surface area contributed by atoms with Gasteiger partial charge >= 0.3 is 0 Å². The Bertz CT molecular complexity index is 1210. The number of aromatic nitrogens is 1. The van der Waals surface area contributed by atoms with E-state index in [1.165, 1.54) is 0 Å². The number of rotatable bonds is 3. The number of carbonyl (C=O) groups excluding carboxylic acids is 1. The number of allylic oxidation sites excluding steroid dienone is 2. The summed E-state index contributed by atoms with van der Waals surface area (Å²) in [7, 11) is 0. The van der Waals surface area contributed by atoms with Gasteiger partial charge in [0.05, 0.1) is 11.6 Å². The Morgan fingerprint density at radius 1 is 1.19 bits per heavy atom. The zero-order chi connectivity index (χ0) is 22.7. The summed E-state index contributed by atoms with van der Waals surface area (Å²) in [5.74, 6) is -0.429. The molecular weight excluding hydrogens is 403 g/mol. The van der Waals surface area contributed by atoms with E-state index in [0.29, 0.717) is 18.4 Å². The molecular formula is C26H27FN4O. The molecule has 3 heterocycles. The van der Waals surface area contributed by atoms with Gasteiger partial charge < -0.3 is 5.32 Å². The van der Waals surface area contributed by atoms with Gasteiger partial charge in [-0.15, -0.1) is 0 Å². The fourth-order valence-electron chi connectivity index (χ4n) is 5.49. The molecule has 3 aliphatic rings. The average molecular weight is 431 g/mol. The van der Waals surface area contributed by atoms with Gasteiger partial charge in [-0.3, -0.25) is 9.78 Å². The molecule has 1 aromatic carbocycles. The van der Waals surface area contributed by atoms with Crippen LogP contribution in [0.2, 0.25) is 0 Å². The van der Waals surface area contributed by atoms with Gasteiger partial charge in [-0.25, -0.2) is 4.39 Å². The van der Waals surface area contributed by atoms with Gasteiger partial charge in [-0.05, 0) is 54.7 Å². The van der Waals surface area contributed by atoms with Gasteiger partial charge in [0.2, 0.25) is 0 Å². The largest absolute Gasteiger partial charge is 0.362 e. The Morgan fingerprint density at radius 2 is 1.97 bits per heavy atom. The van der Waals surface area contributed by atoms with Crippen molar-refractivity contribution in [3.8, 4) is 11.1 Å². The molecule has 0 bridgehead atoms. The lowest BCUT2D eigenvalue weighted by molar-refractivity contribution is -0.126. The van der Waals surface area contributed by atoms with Gasteiger partial charge in [0.25, 0.3) is 0 Å². The van der Waals surface area contributed by atoms with Gasteiger partial charge in [0, 0.05) is 34.1 Å². The molecule has 0 fully saturated rings. The van der Waals surface area contributed by atoms with Crippen LogP contribution in [0.1, 0.15) is 44.9 Å². The highest BCUT2D eigenvalue weighted by molar-refractivity contribution is 6.04. The van der Waals surface area contributed by atoms with Gasteiger partial charge in [0.15, 0.2) is 18.1 Å². The standard InChI is InChI=1S/C26H27FN4O/c1-5-26(18-8-6-7-16(12-18)17-9-10-28-15(2)11-17)19-14-29-31-24(19)30-20-13-25(3,4)23(27)22(32)21(20)26/h6-12,14,23-24,30H,5,13H2,1-4H3/t23-,24?,26+/m0/s1. The van der Waals surface area contributed by atoms with Crippen molar-refractivity contribution in [1.82, 2.24) is 10.3 Å².